The zero-order chi connectivity index (χ0) is 14.0. The minimum Gasteiger partial charge on any atom is -0.356 e. The van der Waals surface area contributed by atoms with Gasteiger partial charge in [-0.1, -0.05) is 20.3 Å². The second-order valence-electron chi connectivity index (χ2n) is 4.73. The Labute approximate surface area is 110 Å². The summed E-state index contributed by atoms with van der Waals surface area (Å²) in [4.78, 5) is 22.9. The van der Waals surface area contributed by atoms with Crippen molar-refractivity contribution in [2.75, 3.05) is 6.54 Å². The van der Waals surface area contributed by atoms with Gasteiger partial charge in [0.25, 0.3) is 0 Å². The molecule has 2 amide bonds. The van der Waals surface area contributed by atoms with Gasteiger partial charge in [-0.05, 0) is 19.8 Å². The molecule has 0 radical (unpaired) electrons. The lowest BCUT2D eigenvalue weighted by Gasteiger charge is -2.12. The van der Waals surface area contributed by atoms with Gasteiger partial charge in [-0.3, -0.25) is 9.59 Å². The van der Waals surface area contributed by atoms with Crippen LogP contribution in [0.2, 0.25) is 0 Å². The summed E-state index contributed by atoms with van der Waals surface area (Å²) in [5.74, 6) is -0.102. The van der Waals surface area contributed by atoms with Crippen LogP contribution in [0.25, 0.3) is 0 Å². The average Bonchev–Trinajstić information content (AvgIpc) is 2.28. The van der Waals surface area contributed by atoms with E-state index in [-0.39, 0.29) is 23.9 Å². The van der Waals surface area contributed by atoms with Gasteiger partial charge in [-0.2, -0.15) is 0 Å². The van der Waals surface area contributed by atoms with Gasteiger partial charge in [0.1, 0.15) is 0 Å². The van der Waals surface area contributed by atoms with Crippen molar-refractivity contribution in [3.8, 4) is 0 Å². The maximum absolute atomic E-state index is 11.5. The molecule has 0 fully saturated rings. The van der Waals surface area contributed by atoms with Crippen molar-refractivity contribution < 1.29 is 9.59 Å². The second-order valence-corrected chi connectivity index (χ2v) is 4.73. The van der Waals surface area contributed by atoms with E-state index in [1.165, 1.54) is 0 Å². The fourth-order valence-corrected chi connectivity index (χ4v) is 1.55. The van der Waals surface area contributed by atoms with Gasteiger partial charge in [0.15, 0.2) is 0 Å². The van der Waals surface area contributed by atoms with Gasteiger partial charge < -0.3 is 16.4 Å². The topological polar surface area (TPSA) is 84.2 Å². The number of amides is 2. The molecule has 2 atom stereocenters. The Morgan fingerprint density at radius 3 is 2.44 bits per heavy atom. The summed E-state index contributed by atoms with van der Waals surface area (Å²) in [6.45, 7) is 6.39. The highest BCUT2D eigenvalue weighted by Gasteiger charge is 2.09. The summed E-state index contributed by atoms with van der Waals surface area (Å²) in [5, 5.41) is 5.56. The molecule has 5 nitrogen and oxygen atoms in total. The number of nitrogens with one attached hydrogen (secondary N) is 2. The fraction of sp³-hybridized carbons (Fsp3) is 0.846. The molecule has 4 N–H and O–H groups in total. The quantitative estimate of drug-likeness (QED) is 0.574. The molecule has 0 aromatic carbocycles. The summed E-state index contributed by atoms with van der Waals surface area (Å²) in [7, 11) is 0. The van der Waals surface area contributed by atoms with Gasteiger partial charge in [0.2, 0.25) is 11.8 Å². The Morgan fingerprint density at radius 1 is 1.22 bits per heavy atom. The first-order valence-electron chi connectivity index (χ1n) is 6.81. The van der Waals surface area contributed by atoms with Crippen molar-refractivity contribution >= 4 is 11.8 Å². The molecular weight excluding hydrogens is 230 g/mol. The van der Waals surface area contributed by atoms with Gasteiger partial charge in [0, 0.05) is 31.5 Å². The third-order valence-electron chi connectivity index (χ3n) is 2.80. The van der Waals surface area contributed by atoms with E-state index >= 15 is 0 Å². The molecule has 2 unspecified atom stereocenters. The third kappa shape index (κ3) is 8.98. The average molecular weight is 257 g/mol. The summed E-state index contributed by atoms with van der Waals surface area (Å²) in [5.41, 5.74) is 5.76. The molecule has 18 heavy (non-hydrogen) atoms. The zero-order valence-electron chi connectivity index (χ0n) is 11.8. The maximum Gasteiger partial charge on any atom is 0.221 e. The highest BCUT2D eigenvalue weighted by Crippen LogP contribution is 1.97. The molecule has 0 aromatic heterocycles. The Bertz CT molecular complexity index is 257. The lowest BCUT2D eigenvalue weighted by atomic mass is 10.1. The largest absolute Gasteiger partial charge is 0.356 e. The predicted octanol–water partition coefficient (Wildman–Crippen LogP) is 0.925. The molecule has 0 saturated carbocycles. The van der Waals surface area contributed by atoms with Crippen LogP contribution >= 0.6 is 0 Å². The molecule has 0 bridgehead atoms. The van der Waals surface area contributed by atoms with E-state index in [1.54, 1.807) is 0 Å². The van der Waals surface area contributed by atoms with Crippen LogP contribution in [0.5, 0.6) is 0 Å². The first-order chi connectivity index (χ1) is 8.49. The third-order valence-corrected chi connectivity index (χ3v) is 2.80. The van der Waals surface area contributed by atoms with E-state index < -0.39 is 0 Å². The summed E-state index contributed by atoms with van der Waals surface area (Å²) >= 11 is 0. The Morgan fingerprint density at radius 2 is 1.89 bits per heavy atom. The van der Waals surface area contributed by atoms with Crippen molar-refractivity contribution in [3.05, 3.63) is 0 Å². The van der Waals surface area contributed by atoms with E-state index in [0.717, 1.165) is 19.3 Å². The van der Waals surface area contributed by atoms with Crippen LogP contribution < -0.4 is 16.4 Å². The van der Waals surface area contributed by atoms with Crippen LogP contribution in [0.1, 0.15) is 52.9 Å². The minimum absolute atomic E-state index is 0.0255. The van der Waals surface area contributed by atoms with Gasteiger partial charge in [-0.15, -0.1) is 0 Å². The van der Waals surface area contributed by atoms with Crippen molar-refractivity contribution in [3.63, 3.8) is 0 Å². The normalized spacial score (nSPS) is 13.8. The molecule has 0 aliphatic heterocycles. The van der Waals surface area contributed by atoms with E-state index in [0.29, 0.717) is 19.4 Å². The SMILES string of the molecule is CCCC(N)CC(=O)NCCC(=O)NC(C)CC. The number of nitrogens with two attached hydrogens (primary N) is 1. The van der Waals surface area contributed by atoms with Crippen LogP contribution in [-0.4, -0.2) is 30.4 Å². The Kier molecular flexibility index (Phi) is 9.28. The molecular formula is C13H27N3O2. The number of rotatable bonds is 9. The van der Waals surface area contributed by atoms with E-state index in [4.69, 9.17) is 5.73 Å². The standard InChI is InChI=1S/C13H27N3O2/c1-4-6-11(14)9-13(18)15-8-7-12(17)16-10(3)5-2/h10-11H,4-9,14H2,1-3H3,(H,15,18)(H,16,17). The lowest BCUT2D eigenvalue weighted by molar-refractivity contribution is -0.122. The Balaban J connectivity index is 3.64. The fourth-order valence-electron chi connectivity index (χ4n) is 1.55. The monoisotopic (exact) mass is 257 g/mol. The summed E-state index contributed by atoms with van der Waals surface area (Å²) in [6, 6.07) is 0.107. The number of carbonyl (C=O) groups is 2. The van der Waals surface area contributed by atoms with Crippen LogP contribution in [0, 0.1) is 0 Å². The highest BCUT2D eigenvalue weighted by atomic mass is 16.2. The molecule has 106 valence electrons. The molecule has 0 rings (SSSR count). The lowest BCUT2D eigenvalue weighted by Crippen LogP contribution is -2.36. The van der Waals surface area contributed by atoms with E-state index in [1.807, 2.05) is 20.8 Å². The van der Waals surface area contributed by atoms with Gasteiger partial charge >= 0.3 is 0 Å². The minimum atomic E-state index is -0.0797. The highest BCUT2D eigenvalue weighted by molar-refractivity contribution is 5.79. The van der Waals surface area contributed by atoms with Crippen LogP contribution in [0.4, 0.5) is 0 Å². The molecule has 0 aliphatic carbocycles. The van der Waals surface area contributed by atoms with E-state index in [9.17, 15) is 9.59 Å². The second kappa shape index (κ2) is 9.88. The van der Waals surface area contributed by atoms with Crippen molar-refractivity contribution in [1.82, 2.24) is 10.6 Å². The first-order valence-corrected chi connectivity index (χ1v) is 6.81. The molecule has 0 saturated heterocycles. The predicted molar refractivity (Wildman–Crippen MR) is 73.0 cm³/mol. The number of carbonyl (C=O) groups excluding carboxylic acids is 2. The van der Waals surface area contributed by atoms with Gasteiger partial charge in [-0.25, -0.2) is 0 Å². The van der Waals surface area contributed by atoms with Crippen LogP contribution in [0.3, 0.4) is 0 Å². The smallest absolute Gasteiger partial charge is 0.221 e. The van der Waals surface area contributed by atoms with Crippen molar-refractivity contribution in [1.29, 1.82) is 0 Å². The van der Waals surface area contributed by atoms with E-state index in [2.05, 4.69) is 10.6 Å². The first kappa shape index (κ1) is 16.9. The Hall–Kier alpha value is -1.10. The van der Waals surface area contributed by atoms with Crippen molar-refractivity contribution in [2.45, 2.75) is 65.0 Å². The van der Waals surface area contributed by atoms with Gasteiger partial charge in [0.05, 0.1) is 0 Å². The number of hydrogen-bond donors (Lipinski definition) is 3. The summed E-state index contributed by atoms with van der Waals surface area (Å²) in [6.07, 6.45) is 3.39. The maximum atomic E-state index is 11.5. The van der Waals surface area contributed by atoms with Crippen LogP contribution in [-0.2, 0) is 9.59 Å². The zero-order valence-corrected chi connectivity index (χ0v) is 11.8. The number of hydrogen-bond acceptors (Lipinski definition) is 3. The molecule has 0 heterocycles. The molecule has 0 aromatic rings. The van der Waals surface area contributed by atoms with Crippen LogP contribution in [0.15, 0.2) is 0 Å². The van der Waals surface area contributed by atoms with Crippen molar-refractivity contribution in [2.24, 2.45) is 5.73 Å². The molecule has 5 heteroatoms. The molecule has 0 aliphatic rings. The summed E-state index contributed by atoms with van der Waals surface area (Å²) < 4.78 is 0. The molecule has 0 spiro atoms.